The van der Waals surface area contributed by atoms with Gasteiger partial charge in [-0.1, -0.05) is 0 Å². The van der Waals surface area contributed by atoms with Gasteiger partial charge in [0.05, 0.1) is 6.07 Å². The molecular weight excluding hydrogens is 214 g/mol. The van der Waals surface area contributed by atoms with Crippen LogP contribution >= 0.6 is 0 Å². The molecule has 72 valence electrons. The summed E-state index contributed by atoms with van der Waals surface area (Å²) in [6.45, 7) is 1.43. The molecule has 8 nitrogen and oxygen atoms in total. The van der Waals surface area contributed by atoms with Gasteiger partial charge in [0.15, 0.2) is 0 Å². The zero-order valence-electron chi connectivity index (χ0n) is 5.70. The van der Waals surface area contributed by atoms with E-state index in [1.165, 1.54) is 6.92 Å². The van der Waals surface area contributed by atoms with E-state index < -0.39 is 20.8 Å². The normalized spacial score (nSPS) is 10.8. The van der Waals surface area contributed by atoms with E-state index in [0.717, 1.165) is 0 Å². The van der Waals surface area contributed by atoms with Crippen LogP contribution in [0.5, 0.6) is 0 Å². The molecule has 0 rings (SSSR count). The molecule has 0 spiro atoms. The van der Waals surface area contributed by atoms with Crippen LogP contribution in [0.4, 0.5) is 0 Å². The van der Waals surface area contributed by atoms with Crippen LogP contribution in [0, 0.1) is 11.3 Å². The molecule has 0 atom stereocenters. The van der Waals surface area contributed by atoms with Crippen LogP contribution in [0.25, 0.3) is 0 Å². The van der Waals surface area contributed by atoms with Gasteiger partial charge < -0.3 is 0 Å². The van der Waals surface area contributed by atoms with Gasteiger partial charge in [-0.25, -0.2) is 0 Å². The first-order chi connectivity index (χ1) is 5.12. The Kier molecular flexibility index (Phi) is 5.78. The predicted molar refractivity (Wildman–Crippen MR) is 35.5 cm³/mol. The second kappa shape index (κ2) is 5.01. The quantitative estimate of drug-likeness (QED) is 0.571. The SMILES string of the molecule is CC#N.O=S(=O)(O)OS(=O)(=O)O. The molecule has 0 aliphatic heterocycles. The number of nitrogens with zero attached hydrogens (tertiary/aromatic N) is 1. The molecular formula is C2H5NO7S2. The molecule has 0 aromatic heterocycles. The Labute approximate surface area is 69.3 Å². The molecule has 12 heavy (non-hydrogen) atoms. The Hall–Kier alpha value is -0.730. The molecule has 0 saturated carbocycles. The molecule has 0 saturated heterocycles. The highest BCUT2D eigenvalue weighted by molar-refractivity contribution is 7.94. The summed E-state index contributed by atoms with van der Waals surface area (Å²) in [6.07, 6.45) is 0. The summed E-state index contributed by atoms with van der Waals surface area (Å²) in [5, 5.41) is 7.32. The molecule has 0 radical (unpaired) electrons. The highest BCUT2D eigenvalue weighted by Gasteiger charge is 2.15. The zero-order chi connectivity index (χ0) is 10.4. The summed E-state index contributed by atoms with van der Waals surface area (Å²) in [4.78, 5) is 0. The molecule has 0 fully saturated rings. The fraction of sp³-hybridized carbons (Fsp3) is 0.500. The summed E-state index contributed by atoms with van der Waals surface area (Å²) < 4.78 is 55.6. The van der Waals surface area contributed by atoms with Crippen molar-refractivity contribution < 1.29 is 29.6 Å². The summed E-state index contributed by atoms with van der Waals surface area (Å²) in [6, 6.07) is 1.75. The lowest BCUT2D eigenvalue weighted by atomic mass is 11.0. The minimum absolute atomic E-state index is 1.43. The van der Waals surface area contributed by atoms with Gasteiger partial charge in [0.1, 0.15) is 0 Å². The molecule has 0 amide bonds. The van der Waals surface area contributed by atoms with E-state index in [1.54, 1.807) is 6.07 Å². The lowest BCUT2D eigenvalue weighted by Crippen LogP contribution is -2.10. The lowest BCUT2D eigenvalue weighted by Gasteiger charge is -1.89. The van der Waals surface area contributed by atoms with E-state index in [0.29, 0.717) is 0 Å². The first-order valence-electron chi connectivity index (χ1n) is 2.09. The standard InChI is InChI=1S/C2H3N.H2O7S2/c1-2-3;1-8(2,3)7-9(4,5)6/h1H3;(H,1,2,3)(H,4,5,6). The largest absolute Gasteiger partial charge is 0.413 e. The van der Waals surface area contributed by atoms with E-state index in [9.17, 15) is 16.8 Å². The third kappa shape index (κ3) is 22.8. The molecule has 10 heteroatoms. The first kappa shape index (κ1) is 13.8. The van der Waals surface area contributed by atoms with Gasteiger partial charge in [-0.05, 0) is 0 Å². The van der Waals surface area contributed by atoms with Crippen molar-refractivity contribution in [1.82, 2.24) is 0 Å². The van der Waals surface area contributed by atoms with Crippen LogP contribution in [-0.2, 0) is 24.4 Å². The number of rotatable bonds is 2. The monoisotopic (exact) mass is 219 g/mol. The van der Waals surface area contributed by atoms with Crippen molar-refractivity contribution in [2.75, 3.05) is 0 Å². The van der Waals surface area contributed by atoms with Crippen LogP contribution in [-0.4, -0.2) is 25.9 Å². The first-order valence-corrected chi connectivity index (χ1v) is 4.82. The molecule has 0 heterocycles. The Balaban J connectivity index is 0. The minimum atomic E-state index is -5.12. The van der Waals surface area contributed by atoms with Crippen molar-refractivity contribution in [2.24, 2.45) is 0 Å². The maximum atomic E-state index is 9.44. The van der Waals surface area contributed by atoms with E-state index in [2.05, 4.69) is 3.63 Å². The van der Waals surface area contributed by atoms with Gasteiger partial charge in [0.25, 0.3) is 0 Å². The van der Waals surface area contributed by atoms with Crippen molar-refractivity contribution in [3.8, 4) is 6.07 Å². The van der Waals surface area contributed by atoms with E-state index in [-0.39, 0.29) is 0 Å². The number of hydrogen-bond acceptors (Lipinski definition) is 6. The van der Waals surface area contributed by atoms with Crippen LogP contribution in [0.3, 0.4) is 0 Å². The average molecular weight is 219 g/mol. The molecule has 0 aliphatic rings. The Morgan fingerprint density at radius 3 is 1.33 bits per heavy atom. The molecule has 0 aliphatic carbocycles. The third-order valence-corrected chi connectivity index (χ3v) is 1.55. The van der Waals surface area contributed by atoms with Crippen LogP contribution < -0.4 is 0 Å². The fourth-order valence-corrected chi connectivity index (χ4v) is 0.978. The predicted octanol–water partition coefficient (Wildman–Crippen LogP) is -0.862. The molecule has 2 N–H and O–H groups in total. The second-order valence-corrected chi connectivity index (χ2v) is 3.40. The van der Waals surface area contributed by atoms with E-state index >= 15 is 0 Å². The van der Waals surface area contributed by atoms with Gasteiger partial charge in [0.2, 0.25) is 0 Å². The topological polar surface area (TPSA) is 142 Å². The van der Waals surface area contributed by atoms with Crippen LogP contribution in [0.2, 0.25) is 0 Å². The van der Waals surface area contributed by atoms with Gasteiger partial charge in [-0.3, -0.25) is 9.11 Å². The highest BCUT2D eigenvalue weighted by atomic mass is 32.3. The Morgan fingerprint density at radius 2 is 1.33 bits per heavy atom. The van der Waals surface area contributed by atoms with E-state index in [1.807, 2.05) is 0 Å². The average Bonchev–Trinajstić information content (AvgIpc) is 1.53. The minimum Gasteiger partial charge on any atom is -0.263 e. The lowest BCUT2D eigenvalue weighted by molar-refractivity contribution is 0.344. The zero-order valence-corrected chi connectivity index (χ0v) is 7.33. The summed E-state index contributed by atoms with van der Waals surface area (Å²) in [5.74, 6) is 0. The molecule has 0 unspecified atom stereocenters. The van der Waals surface area contributed by atoms with Crippen molar-refractivity contribution in [3.63, 3.8) is 0 Å². The smallest absolute Gasteiger partial charge is 0.263 e. The van der Waals surface area contributed by atoms with Crippen LogP contribution in [0.1, 0.15) is 6.92 Å². The van der Waals surface area contributed by atoms with Crippen molar-refractivity contribution in [1.29, 1.82) is 5.26 Å². The summed E-state index contributed by atoms with van der Waals surface area (Å²) in [5.41, 5.74) is 0. The Bertz CT molecular complexity index is 313. The highest BCUT2D eigenvalue weighted by Crippen LogP contribution is 1.91. The maximum Gasteiger partial charge on any atom is 0.413 e. The van der Waals surface area contributed by atoms with Crippen molar-refractivity contribution >= 4 is 20.8 Å². The van der Waals surface area contributed by atoms with E-state index in [4.69, 9.17) is 14.4 Å². The van der Waals surface area contributed by atoms with Gasteiger partial charge in [0, 0.05) is 6.92 Å². The fourth-order valence-electron chi connectivity index (χ4n) is 0.109. The van der Waals surface area contributed by atoms with Gasteiger partial charge >= 0.3 is 20.8 Å². The van der Waals surface area contributed by atoms with Gasteiger partial charge in [-0.15, -0.1) is 3.63 Å². The summed E-state index contributed by atoms with van der Waals surface area (Å²) >= 11 is 0. The molecule has 0 aromatic rings. The van der Waals surface area contributed by atoms with Crippen LogP contribution in [0.15, 0.2) is 0 Å². The maximum absolute atomic E-state index is 9.44. The van der Waals surface area contributed by atoms with Crippen molar-refractivity contribution in [3.05, 3.63) is 0 Å². The molecule has 0 bridgehead atoms. The number of nitriles is 1. The molecule has 0 aromatic carbocycles. The number of hydrogen-bond donors (Lipinski definition) is 2. The van der Waals surface area contributed by atoms with Crippen molar-refractivity contribution in [2.45, 2.75) is 6.92 Å². The second-order valence-electron chi connectivity index (χ2n) is 1.15. The summed E-state index contributed by atoms with van der Waals surface area (Å²) in [7, 11) is -10.2. The van der Waals surface area contributed by atoms with Gasteiger partial charge in [-0.2, -0.15) is 22.1 Å². The Morgan fingerprint density at radius 1 is 1.17 bits per heavy atom. The third-order valence-electron chi connectivity index (χ3n) is 0.172.